The van der Waals surface area contributed by atoms with Crippen molar-refractivity contribution < 1.29 is 22.7 Å². The average Bonchev–Trinajstić information content (AvgIpc) is 2.81. The first-order chi connectivity index (χ1) is 10.8. The quantitative estimate of drug-likeness (QED) is 0.851. The van der Waals surface area contributed by atoms with E-state index < -0.39 is 18.7 Å². The molecular weight excluding hydrogens is 379 g/mol. The van der Waals surface area contributed by atoms with E-state index in [1.54, 1.807) is 17.9 Å². The summed E-state index contributed by atoms with van der Waals surface area (Å²) >= 11 is 3.31. The van der Waals surface area contributed by atoms with Crippen LogP contribution in [0.25, 0.3) is 0 Å². The molecular formula is C14H13BrF3N3O2. The third-order valence-corrected chi connectivity index (χ3v) is 3.59. The molecule has 1 aromatic heterocycles. The minimum Gasteiger partial charge on any atom is -0.484 e. The van der Waals surface area contributed by atoms with Crippen LogP contribution in [0.4, 0.5) is 13.2 Å². The number of carbonyl (C=O) groups is 1. The predicted octanol–water partition coefficient (Wildman–Crippen LogP) is 3.05. The van der Waals surface area contributed by atoms with Gasteiger partial charge in [-0.3, -0.25) is 9.48 Å². The van der Waals surface area contributed by atoms with Gasteiger partial charge >= 0.3 is 6.18 Å². The molecule has 1 heterocycles. The van der Waals surface area contributed by atoms with Crippen LogP contribution in [0.5, 0.6) is 5.75 Å². The molecule has 1 N–H and O–H groups in total. The summed E-state index contributed by atoms with van der Waals surface area (Å²) in [4.78, 5) is 12.1. The molecule has 0 aliphatic heterocycles. The monoisotopic (exact) mass is 391 g/mol. The molecule has 124 valence electrons. The molecule has 2 rings (SSSR count). The summed E-state index contributed by atoms with van der Waals surface area (Å²) in [7, 11) is 1.73. The van der Waals surface area contributed by atoms with Crippen LogP contribution < -0.4 is 10.1 Å². The summed E-state index contributed by atoms with van der Waals surface area (Å²) in [5.74, 6) is -0.438. The molecule has 0 saturated heterocycles. The van der Waals surface area contributed by atoms with Crippen LogP contribution in [0.3, 0.4) is 0 Å². The van der Waals surface area contributed by atoms with E-state index in [2.05, 4.69) is 31.1 Å². The first-order valence-corrected chi connectivity index (χ1v) is 7.30. The number of ether oxygens (including phenoxy) is 1. The Kier molecular flexibility index (Phi) is 5.30. The Morgan fingerprint density at radius 1 is 1.43 bits per heavy atom. The maximum Gasteiger partial charge on any atom is 0.422 e. The van der Waals surface area contributed by atoms with Gasteiger partial charge in [-0.15, -0.1) is 0 Å². The van der Waals surface area contributed by atoms with E-state index in [1.165, 1.54) is 24.3 Å². The first kappa shape index (κ1) is 17.3. The Balaban J connectivity index is 1.99. The Hall–Kier alpha value is -2.03. The fraction of sp³-hybridized carbons (Fsp3) is 0.286. The summed E-state index contributed by atoms with van der Waals surface area (Å²) in [5.41, 5.74) is 0.978. The van der Waals surface area contributed by atoms with E-state index in [0.717, 1.165) is 10.2 Å². The molecule has 0 atom stereocenters. The zero-order chi connectivity index (χ0) is 17.0. The molecule has 0 aliphatic carbocycles. The first-order valence-electron chi connectivity index (χ1n) is 6.50. The average molecular weight is 392 g/mol. The molecule has 0 spiro atoms. The summed E-state index contributed by atoms with van der Waals surface area (Å²) < 4.78 is 43.4. The van der Waals surface area contributed by atoms with Crippen molar-refractivity contribution in [2.45, 2.75) is 12.7 Å². The fourth-order valence-electron chi connectivity index (χ4n) is 1.79. The van der Waals surface area contributed by atoms with Crippen molar-refractivity contribution in [2.24, 2.45) is 7.05 Å². The maximum absolute atomic E-state index is 12.1. The van der Waals surface area contributed by atoms with Gasteiger partial charge in [0.15, 0.2) is 6.61 Å². The lowest BCUT2D eigenvalue weighted by atomic mass is 10.2. The number of nitrogens with one attached hydrogen (secondary N) is 1. The van der Waals surface area contributed by atoms with Crippen LogP contribution >= 0.6 is 15.9 Å². The molecule has 23 heavy (non-hydrogen) atoms. The highest BCUT2D eigenvalue weighted by Crippen LogP contribution is 2.20. The summed E-state index contributed by atoms with van der Waals surface area (Å²) in [6.07, 6.45) is -2.82. The van der Waals surface area contributed by atoms with Crippen molar-refractivity contribution in [1.29, 1.82) is 0 Å². The highest BCUT2D eigenvalue weighted by molar-refractivity contribution is 9.10. The Morgan fingerprint density at radius 3 is 2.78 bits per heavy atom. The van der Waals surface area contributed by atoms with Crippen molar-refractivity contribution >= 4 is 21.8 Å². The van der Waals surface area contributed by atoms with Gasteiger partial charge in [-0.25, -0.2) is 0 Å². The third-order valence-electron chi connectivity index (χ3n) is 2.93. The molecule has 1 amide bonds. The van der Waals surface area contributed by atoms with E-state index in [9.17, 15) is 18.0 Å². The second kappa shape index (κ2) is 7.03. The lowest BCUT2D eigenvalue weighted by Crippen LogP contribution is -2.24. The van der Waals surface area contributed by atoms with E-state index in [-0.39, 0.29) is 17.9 Å². The van der Waals surface area contributed by atoms with E-state index in [4.69, 9.17) is 0 Å². The summed E-state index contributed by atoms with van der Waals surface area (Å²) in [6, 6.07) is 5.58. The topological polar surface area (TPSA) is 56.2 Å². The van der Waals surface area contributed by atoms with E-state index >= 15 is 0 Å². The van der Waals surface area contributed by atoms with Crippen LogP contribution in [-0.2, 0) is 13.6 Å². The van der Waals surface area contributed by atoms with Gasteiger partial charge < -0.3 is 10.1 Å². The molecule has 0 unspecified atom stereocenters. The van der Waals surface area contributed by atoms with Crippen molar-refractivity contribution in [1.82, 2.24) is 15.1 Å². The minimum atomic E-state index is -4.43. The molecule has 5 nitrogen and oxygen atoms in total. The lowest BCUT2D eigenvalue weighted by Gasteiger charge is -2.10. The van der Waals surface area contributed by atoms with E-state index in [0.29, 0.717) is 0 Å². The zero-order valence-corrected chi connectivity index (χ0v) is 13.6. The number of rotatable bonds is 5. The Bertz CT molecular complexity index is 681. The fourth-order valence-corrected chi connectivity index (χ4v) is 2.28. The van der Waals surface area contributed by atoms with Gasteiger partial charge in [-0.05, 0) is 34.1 Å². The number of amides is 1. The summed E-state index contributed by atoms with van der Waals surface area (Å²) in [6.45, 7) is -1.18. The van der Waals surface area contributed by atoms with Gasteiger partial charge in [0.2, 0.25) is 0 Å². The molecule has 0 radical (unpaired) electrons. The molecule has 1 aromatic carbocycles. The van der Waals surface area contributed by atoms with Crippen LogP contribution in [0.1, 0.15) is 16.1 Å². The van der Waals surface area contributed by atoms with Crippen molar-refractivity contribution in [3.63, 3.8) is 0 Å². The molecule has 0 fully saturated rings. The third kappa shape index (κ3) is 4.98. The number of carbonyl (C=O) groups excluding carboxylic acids is 1. The number of alkyl halides is 3. The summed E-state index contributed by atoms with van der Waals surface area (Å²) in [5, 5.41) is 6.70. The number of nitrogens with zero attached hydrogens (tertiary/aromatic N) is 2. The number of hydrogen-bond donors (Lipinski definition) is 1. The number of aromatic nitrogens is 2. The molecule has 0 aliphatic rings. The van der Waals surface area contributed by atoms with Gasteiger partial charge in [0.05, 0.1) is 22.9 Å². The van der Waals surface area contributed by atoms with Crippen molar-refractivity contribution in [3.8, 4) is 5.75 Å². The van der Waals surface area contributed by atoms with Crippen LogP contribution in [0.15, 0.2) is 34.9 Å². The highest BCUT2D eigenvalue weighted by Gasteiger charge is 2.28. The Labute approximate surface area is 138 Å². The Morgan fingerprint density at radius 2 is 2.17 bits per heavy atom. The number of hydrogen-bond acceptors (Lipinski definition) is 3. The normalized spacial score (nSPS) is 11.3. The number of aryl methyl sites for hydroxylation is 1. The molecule has 0 bridgehead atoms. The maximum atomic E-state index is 12.1. The molecule has 9 heteroatoms. The SMILES string of the molecule is Cn1ncc(Br)c1CNC(=O)c1cccc(OCC(F)(F)F)c1. The van der Waals surface area contributed by atoms with Crippen LogP contribution in [0.2, 0.25) is 0 Å². The predicted molar refractivity (Wildman–Crippen MR) is 80.1 cm³/mol. The van der Waals surface area contributed by atoms with Crippen LogP contribution in [0, 0.1) is 0 Å². The largest absolute Gasteiger partial charge is 0.484 e. The van der Waals surface area contributed by atoms with Gasteiger partial charge in [0, 0.05) is 12.6 Å². The van der Waals surface area contributed by atoms with Crippen molar-refractivity contribution in [2.75, 3.05) is 6.61 Å². The number of benzene rings is 1. The number of halogens is 4. The highest BCUT2D eigenvalue weighted by atomic mass is 79.9. The van der Waals surface area contributed by atoms with Crippen LogP contribution in [-0.4, -0.2) is 28.5 Å². The lowest BCUT2D eigenvalue weighted by molar-refractivity contribution is -0.153. The van der Waals surface area contributed by atoms with Gasteiger partial charge in [-0.2, -0.15) is 18.3 Å². The zero-order valence-electron chi connectivity index (χ0n) is 12.0. The van der Waals surface area contributed by atoms with Gasteiger partial charge in [0.1, 0.15) is 5.75 Å². The standard InChI is InChI=1S/C14H13BrF3N3O2/c1-21-12(11(15)6-20-21)7-19-13(22)9-3-2-4-10(5-9)23-8-14(16,17)18/h2-6H,7-8H2,1H3,(H,19,22). The minimum absolute atomic E-state index is 0.0170. The molecule has 2 aromatic rings. The second-order valence-electron chi connectivity index (χ2n) is 4.68. The van der Waals surface area contributed by atoms with Gasteiger partial charge in [-0.1, -0.05) is 6.07 Å². The molecule has 0 saturated carbocycles. The second-order valence-corrected chi connectivity index (χ2v) is 5.53. The smallest absolute Gasteiger partial charge is 0.422 e. The van der Waals surface area contributed by atoms with E-state index in [1.807, 2.05) is 0 Å². The van der Waals surface area contributed by atoms with Gasteiger partial charge in [0.25, 0.3) is 5.91 Å². The van der Waals surface area contributed by atoms with Crippen molar-refractivity contribution in [3.05, 3.63) is 46.2 Å².